The molecule has 0 radical (unpaired) electrons. The Morgan fingerprint density at radius 1 is 2.00 bits per heavy atom. The number of nitrogens with zero attached hydrogens (tertiary/aromatic N) is 1. The fourth-order valence-electron chi connectivity index (χ4n) is 0.519. The van der Waals surface area contributed by atoms with Gasteiger partial charge in [0.2, 0.25) is 0 Å². The van der Waals surface area contributed by atoms with Gasteiger partial charge in [-0.2, -0.15) is 0 Å². The third-order valence-electron chi connectivity index (χ3n) is 0.957. The number of nitrogens with two attached hydrogens (primary N) is 1. The van der Waals surface area contributed by atoms with Crippen molar-refractivity contribution in [3.05, 3.63) is 0 Å². The minimum atomic E-state index is -0.900. The zero-order chi connectivity index (χ0) is 6.85. The quantitative estimate of drug-likeness (QED) is 0.389. The molecule has 3 N–H and O–H groups in total. The third kappa shape index (κ3) is 1.35. The Morgan fingerprint density at radius 2 is 2.67 bits per heavy atom. The average Bonchev–Trinajstić information content (AvgIpc) is 2.14. The molecule has 0 fully saturated rings. The molecule has 0 amide bonds. The lowest BCUT2D eigenvalue weighted by Crippen LogP contribution is -2.17. The van der Waals surface area contributed by atoms with Crippen LogP contribution in [0.3, 0.4) is 0 Å². The van der Waals surface area contributed by atoms with Crippen LogP contribution in [-0.2, 0) is 4.79 Å². The molecule has 0 spiro atoms. The van der Waals surface area contributed by atoms with Gasteiger partial charge in [-0.25, -0.2) is 9.79 Å². The van der Waals surface area contributed by atoms with E-state index in [1.54, 1.807) is 0 Å². The highest BCUT2D eigenvalue weighted by atomic mass is 32.2. The normalized spacial score (nSPS) is 25.8. The first kappa shape index (κ1) is 6.41. The summed E-state index contributed by atoms with van der Waals surface area (Å²) in [5.41, 5.74) is 5.21. The second kappa shape index (κ2) is 2.26. The fourth-order valence-corrected chi connectivity index (χ4v) is 1.27. The van der Waals surface area contributed by atoms with Gasteiger partial charge in [0.1, 0.15) is 0 Å². The second-order valence-corrected chi connectivity index (χ2v) is 2.67. The summed E-state index contributed by atoms with van der Waals surface area (Å²) in [6.45, 7) is 0. The number of amidine groups is 1. The van der Waals surface area contributed by atoms with Crippen LogP contribution in [0.25, 0.3) is 0 Å². The number of carbonyl (C=O) groups is 1. The number of aliphatic imine (C=N–C) groups is 1. The molecular formula is C4H6N2O2S. The average molecular weight is 149 g/mol. The molecule has 0 saturated carbocycles. The Labute approximate surface area is 56.1 Å². The smallest absolute Gasteiger partial charge is 0.329 e. The third-order valence-corrected chi connectivity index (χ3v) is 1.84. The van der Waals surface area contributed by atoms with Crippen molar-refractivity contribution in [1.29, 1.82) is 0 Å². The largest absolute Gasteiger partial charge is 0.480 e. The molecule has 50 valence electrons. The van der Waals surface area contributed by atoms with Crippen molar-refractivity contribution in [2.24, 2.45) is 10.7 Å². The Hall–Kier alpha value is -0.710. The van der Waals surface area contributed by atoms with Crippen LogP contribution < -0.4 is 5.73 Å². The molecule has 0 saturated heterocycles. The van der Waals surface area contributed by atoms with E-state index in [1.165, 1.54) is 11.8 Å². The van der Waals surface area contributed by atoms with Crippen molar-refractivity contribution in [2.75, 3.05) is 5.75 Å². The van der Waals surface area contributed by atoms with Gasteiger partial charge in [-0.05, 0) is 0 Å². The molecule has 1 aliphatic rings. The predicted molar refractivity (Wildman–Crippen MR) is 35.5 cm³/mol. The van der Waals surface area contributed by atoms with Crippen molar-refractivity contribution in [1.82, 2.24) is 0 Å². The van der Waals surface area contributed by atoms with Gasteiger partial charge in [0, 0.05) is 5.75 Å². The maximum absolute atomic E-state index is 10.2. The molecule has 0 aromatic carbocycles. The lowest BCUT2D eigenvalue weighted by molar-refractivity contribution is -0.137. The standard InChI is InChI=1S/C4H6N2O2S/c5-4-6-2(1-9-4)3(7)8/h2H,1H2,(H2,5,6)(H,7,8)/i3+1,5+1,6+1. The highest BCUT2D eigenvalue weighted by molar-refractivity contribution is 8.14. The van der Waals surface area contributed by atoms with Gasteiger partial charge in [-0.15, -0.1) is 0 Å². The van der Waals surface area contributed by atoms with Crippen molar-refractivity contribution in [3.63, 3.8) is 0 Å². The summed E-state index contributed by atoms with van der Waals surface area (Å²) in [5, 5.41) is 8.73. The van der Waals surface area contributed by atoms with Crippen LogP contribution in [-0.4, -0.2) is 28.0 Å². The van der Waals surface area contributed by atoms with E-state index in [2.05, 4.69) is 4.99 Å². The molecule has 1 atom stereocenters. The summed E-state index contributed by atoms with van der Waals surface area (Å²) in [6, 6.07) is -0.616. The van der Waals surface area contributed by atoms with Crippen LogP contribution in [0.5, 0.6) is 0 Å². The summed E-state index contributed by atoms with van der Waals surface area (Å²) in [7, 11) is 0. The minimum absolute atomic E-state index is 0.377. The molecule has 4 nitrogen and oxygen atoms in total. The second-order valence-electron chi connectivity index (χ2n) is 1.63. The number of carboxylic acid groups (broad SMARTS) is 1. The van der Waals surface area contributed by atoms with Gasteiger partial charge in [-0.3, -0.25) is 0 Å². The Morgan fingerprint density at radius 3 is 2.89 bits per heavy atom. The maximum Gasteiger partial charge on any atom is 0.329 e. The summed E-state index contributed by atoms with van der Waals surface area (Å²) in [6.07, 6.45) is 0. The molecule has 0 aromatic rings. The highest BCUT2D eigenvalue weighted by Crippen LogP contribution is 2.14. The van der Waals surface area contributed by atoms with E-state index in [-0.39, 0.29) is 0 Å². The van der Waals surface area contributed by atoms with Crippen LogP contribution in [0.1, 0.15) is 0 Å². The first-order valence-electron chi connectivity index (χ1n) is 2.39. The van der Waals surface area contributed by atoms with Crippen LogP contribution in [0.4, 0.5) is 0 Å². The lowest BCUT2D eigenvalue weighted by atomic mass is 10.6. The predicted octanol–water partition coefficient (Wildman–Crippen LogP) is -0.499. The first-order chi connectivity index (χ1) is 4.20. The monoisotopic (exact) mass is 149 g/mol. The molecule has 0 aliphatic carbocycles. The molecule has 1 rings (SSSR count). The van der Waals surface area contributed by atoms with Crippen molar-refractivity contribution in [2.45, 2.75) is 6.04 Å². The van der Waals surface area contributed by atoms with E-state index < -0.39 is 12.0 Å². The molecular weight excluding hydrogens is 143 g/mol. The molecule has 9 heavy (non-hydrogen) atoms. The van der Waals surface area contributed by atoms with Crippen LogP contribution in [0.2, 0.25) is 0 Å². The molecule has 5 heteroatoms. The summed E-state index contributed by atoms with van der Waals surface area (Å²) >= 11 is 1.28. The lowest BCUT2D eigenvalue weighted by Gasteiger charge is -1.93. The van der Waals surface area contributed by atoms with Crippen LogP contribution in [0, 0.1) is 0 Å². The Kier molecular flexibility index (Phi) is 1.61. The van der Waals surface area contributed by atoms with Crippen molar-refractivity contribution >= 4 is 22.9 Å². The topological polar surface area (TPSA) is 75.7 Å². The van der Waals surface area contributed by atoms with E-state index in [9.17, 15) is 4.79 Å². The number of hydrogen-bond acceptors (Lipinski definition) is 4. The number of aliphatic carboxylic acids is 1. The van der Waals surface area contributed by atoms with Gasteiger partial charge < -0.3 is 10.8 Å². The number of hydrogen-bond donors (Lipinski definition) is 2. The van der Waals surface area contributed by atoms with Gasteiger partial charge in [0.05, 0.1) is 0 Å². The fraction of sp³-hybridized carbons (Fsp3) is 0.500. The SMILES string of the molecule is [15NH2]C1=[15N]C([13C](=O)O)CS1. The van der Waals surface area contributed by atoms with E-state index in [0.29, 0.717) is 10.9 Å². The number of rotatable bonds is 1. The minimum Gasteiger partial charge on any atom is -0.480 e. The maximum atomic E-state index is 10.2. The summed E-state index contributed by atoms with van der Waals surface area (Å²) in [4.78, 5) is 13.8. The molecule has 1 heterocycles. The summed E-state index contributed by atoms with van der Waals surface area (Å²) in [5.74, 6) is -0.427. The van der Waals surface area contributed by atoms with Crippen LogP contribution in [0.15, 0.2) is 4.99 Å². The Bertz CT molecular complexity index is 168. The number of carboxylic acids is 1. The first-order valence-corrected chi connectivity index (χ1v) is 3.37. The Balaban J connectivity index is 2.57. The molecule has 1 unspecified atom stereocenters. The highest BCUT2D eigenvalue weighted by Gasteiger charge is 2.22. The van der Waals surface area contributed by atoms with Crippen LogP contribution >= 0.6 is 11.8 Å². The van der Waals surface area contributed by atoms with Gasteiger partial charge in [-0.1, -0.05) is 11.8 Å². The van der Waals surface area contributed by atoms with Gasteiger partial charge in [0.25, 0.3) is 0 Å². The van der Waals surface area contributed by atoms with E-state index >= 15 is 0 Å². The van der Waals surface area contributed by atoms with Gasteiger partial charge in [0.15, 0.2) is 11.2 Å². The van der Waals surface area contributed by atoms with E-state index in [1.807, 2.05) is 0 Å². The van der Waals surface area contributed by atoms with E-state index in [0.717, 1.165) is 0 Å². The number of thioether (sulfide) groups is 1. The molecule has 0 aromatic heterocycles. The summed E-state index contributed by atoms with van der Waals surface area (Å²) < 4.78 is 0. The zero-order valence-corrected chi connectivity index (χ0v) is 5.39. The van der Waals surface area contributed by atoms with E-state index in [4.69, 9.17) is 10.8 Å². The zero-order valence-electron chi connectivity index (χ0n) is 4.57. The van der Waals surface area contributed by atoms with Crippen molar-refractivity contribution < 1.29 is 9.90 Å². The van der Waals surface area contributed by atoms with Gasteiger partial charge >= 0.3 is 5.97 Å². The van der Waals surface area contributed by atoms with Crippen molar-refractivity contribution in [3.8, 4) is 0 Å². The molecule has 1 aliphatic heterocycles. The molecule has 0 bridgehead atoms.